The monoisotopic (exact) mass is 348 g/mol. The molecule has 0 spiro atoms. The quantitative estimate of drug-likeness (QED) is 0.817. The zero-order valence-electron chi connectivity index (χ0n) is 13.5. The van der Waals surface area contributed by atoms with Crippen molar-refractivity contribution >= 4 is 23.4 Å². The van der Waals surface area contributed by atoms with Crippen LogP contribution >= 0.6 is 11.6 Å². The maximum atomic E-state index is 12.7. The van der Waals surface area contributed by atoms with E-state index in [-0.39, 0.29) is 42.8 Å². The Morgan fingerprint density at radius 1 is 1.42 bits per heavy atom. The molecule has 24 heavy (non-hydrogen) atoms. The molecule has 1 saturated heterocycles. The van der Waals surface area contributed by atoms with Gasteiger partial charge in [-0.3, -0.25) is 9.59 Å². The van der Waals surface area contributed by atoms with Crippen molar-refractivity contribution in [2.45, 2.75) is 24.9 Å². The molecule has 6 heteroatoms. The van der Waals surface area contributed by atoms with Crippen molar-refractivity contribution in [2.75, 3.05) is 13.7 Å². The largest absolute Gasteiger partial charge is 0.396 e. The third kappa shape index (κ3) is 3.32. The lowest BCUT2D eigenvalue weighted by Gasteiger charge is -2.26. The van der Waals surface area contributed by atoms with Crippen LogP contribution < -0.4 is 5.32 Å². The predicted octanol–water partition coefficient (Wildman–Crippen LogP) is 1.91. The molecule has 1 aliphatic carbocycles. The highest BCUT2D eigenvalue weighted by atomic mass is 35.5. The lowest BCUT2D eigenvalue weighted by Crippen LogP contribution is -2.39. The first-order valence-corrected chi connectivity index (χ1v) is 8.48. The van der Waals surface area contributed by atoms with Gasteiger partial charge in [-0.1, -0.05) is 35.9 Å². The number of rotatable bonds is 4. The van der Waals surface area contributed by atoms with Crippen molar-refractivity contribution < 1.29 is 14.7 Å². The van der Waals surface area contributed by atoms with E-state index in [1.54, 1.807) is 24.1 Å². The zero-order valence-corrected chi connectivity index (χ0v) is 14.2. The second-order valence-corrected chi connectivity index (χ2v) is 6.93. The third-order valence-corrected chi connectivity index (χ3v) is 5.08. The molecule has 0 bridgehead atoms. The van der Waals surface area contributed by atoms with Gasteiger partial charge in [0.05, 0.1) is 12.0 Å². The average molecular weight is 349 g/mol. The molecule has 128 valence electrons. The van der Waals surface area contributed by atoms with Crippen LogP contribution in [0.4, 0.5) is 0 Å². The molecule has 1 fully saturated rings. The summed E-state index contributed by atoms with van der Waals surface area (Å²) in [5, 5.41) is 12.8. The first-order valence-electron chi connectivity index (χ1n) is 8.10. The van der Waals surface area contributed by atoms with Crippen LogP contribution in [0.2, 0.25) is 5.02 Å². The van der Waals surface area contributed by atoms with Gasteiger partial charge in [-0.15, -0.1) is 0 Å². The second kappa shape index (κ2) is 6.95. The minimum Gasteiger partial charge on any atom is -0.396 e. The fourth-order valence-electron chi connectivity index (χ4n) is 3.56. The van der Waals surface area contributed by atoms with Crippen LogP contribution in [-0.4, -0.2) is 41.5 Å². The summed E-state index contributed by atoms with van der Waals surface area (Å²) >= 11 is 6.07. The van der Waals surface area contributed by atoms with Crippen molar-refractivity contribution in [1.29, 1.82) is 0 Å². The van der Waals surface area contributed by atoms with Crippen molar-refractivity contribution in [3.63, 3.8) is 0 Å². The molecule has 1 aromatic carbocycles. The number of aliphatic hydroxyl groups is 1. The van der Waals surface area contributed by atoms with Gasteiger partial charge >= 0.3 is 0 Å². The molecular weight excluding hydrogens is 328 g/mol. The number of nitrogens with zero attached hydrogens (tertiary/aromatic N) is 1. The average Bonchev–Trinajstić information content (AvgIpc) is 3.12. The molecule has 1 heterocycles. The standard InChI is InChI=1S/C18H21ClN2O3/c1-21-16(23)9-15(17(21)12-3-2-4-13(19)8-12)18(24)20-14-6-5-11(7-14)10-22/h2-6,8,11,14-15,17,22H,7,9-10H2,1H3,(H,20,24)/t11-,14+,15?,17?/m0/s1. The fraction of sp³-hybridized carbons (Fsp3) is 0.444. The van der Waals surface area contributed by atoms with Crippen LogP contribution in [0.3, 0.4) is 0 Å². The number of amides is 2. The lowest BCUT2D eigenvalue weighted by molar-refractivity contribution is -0.128. The molecule has 5 nitrogen and oxygen atoms in total. The van der Waals surface area contributed by atoms with E-state index in [1.165, 1.54) is 0 Å². The van der Waals surface area contributed by atoms with Crippen LogP contribution in [0, 0.1) is 11.8 Å². The van der Waals surface area contributed by atoms with E-state index >= 15 is 0 Å². The van der Waals surface area contributed by atoms with E-state index in [1.807, 2.05) is 24.3 Å². The first kappa shape index (κ1) is 17.0. The first-order chi connectivity index (χ1) is 11.5. The summed E-state index contributed by atoms with van der Waals surface area (Å²) in [6.07, 6.45) is 4.72. The third-order valence-electron chi connectivity index (χ3n) is 4.85. The molecule has 2 unspecified atom stereocenters. The minimum atomic E-state index is -0.442. The summed E-state index contributed by atoms with van der Waals surface area (Å²) in [6, 6.07) is 6.90. The Bertz CT molecular complexity index is 676. The van der Waals surface area contributed by atoms with Gasteiger partial charge in [0.15, 0.2) is 0 Å². The Morgan fingerprint density at radius 3 is 2.88 bits per heavy atom. The zero-order chi connectivity index (χ0) is 17.3. The Balaban J connectivity index is 1.76. The van der Waals surface area contributed by atoms with Gasteiger partial charge in [-0.25, -0.2) is 0 Å². The number of likely N-dealkylation sites (tertiary alicyclic amines) is 1. The van der Waals surface area contributed by atoms with Gasteiger partial charge in [0, 0.05) is 37.1 Å². The summed E-state index contributed by atoms with van der Waals surface area (Å²) in [6.45, 7) is 0.0820. The smallest absolute Gasteiger partial charge is 0.226 e. The minimum absolute atomic E-state index is 0.0460. The molecule has 4 atom stereocenters. The molecule has 2 N–H and O–H groups in total. The molecular formula is C18H21ClN2O3. The molecule has 2 amide bonds. The van der Waals surface area contributed by atoms with Gasteiger partial charge in [-0.05, 0) is 24.1 Å². The molecule has 0 aromatic heterocycles. The molecule has 3 rings (SSSR count). The highest BCUT2D eigenvalue weighted by Gasteiger charge is 2.43. The second-order valence-electron chi connectivity index (χ2n) is 6.49. The fourth-order valence-corrected chi connectivity index (χ4v) is 3.76. The highest BCUT2D eigenvalue weighted by molar-refractivity contribution is 6.30. The molecule has 1 aliphatic heterocycles. The van der Waals surface area contributed by atoms with E-state index in [0.29, 0.717) is 11.4 Å². The van der Waals surface area contributed by atoms with Gasteiger partial charge in [0.25, 0.3) is 0 Å². The van der Waals surface area contributed by atoms with E-state index < -0.39 is 5.92 Å². The van der Waals surface area contributed by atoms with E-state index in [2.05, 4.69) is 5.32 Å². The number of nitrogens with one attached hydrogen (secondary N) is 1. The number of carbonyl (C=O) groups is 2. The van der Waals surface area contributed by atoms with E-state index in [4.69, 9.17) is 11.6 Å². The van der Waals surface area contributed by atoms with Gasteiger partial charge in [-0.2, -0.15) is 0 Å². The van der Waals surface area contributed by atoms with Gasteiger partial charge in [0.2, 0.25) is 11.8 Å². The number of carbonyl (C=O) groups excluding carboxylic acids is 2. The van der Waals surface area contributed by atoms with E-state index in [0.717, 1.165) is 5.56 Å². The summed E-state index contributed by atoms with van der Waals surface area (Å²) < 4.78 is 0. The summed E-state index contributed by atoms with van der Waals surface area (Å²) in [4.78, 5) is 26.5. The Kier molecular flexibility index (Phi) is 4.92. The van der Waals surface area contributed by atoms with Gasteiger partial charge < -0.3 is 15.3 Å². The Morgan fingerprint density at radius 2 is 2.21 bits per heavy atom. The van der Waals surface area contributed by atoms with Crippen LogP contribution in [0.15, 0.2) is 36.4 Å². The molecule has 1 aromatic rings. The Labute approximate surface area is 146 Å². The predicted molar refractivity (Wildman–Crippen MR) is 91.3 cm³/mol. The number of halogens is 1. The van der Waals surface area contributed by atoms with Crippen LogP contribution in [0.5, 0.6) is 0 Å². The Hall–Kier alpha value is -1.85. The van der Waals surface area contributed by atoms with Crippen molar-refractivity contribution in [2.24, 2.45) is 11.8 Å². The number of hydrogen-bond donors (Lipinski definition) is 2. The van der Waals surface area contributed by atoms with Crippen LogP contribution in [0.1, 0.15) is 24.4 Å². The normalized spacial score (nSPS) is 29.3. The maximum absolute atomic E-state index is 12.7. The summed E-state index contributed by atoms with van der Waals surface area (Å²) in [5.41, 5.74) is 0.867. The van der Waals surface area contributed by atoms with E-state index in [9.17, 15) is 14.7 Å². The lowest BCUT2D eigenvalue weighted by atomic mass is 9.92. The molecule has 2 aliphatic rings. The summed E-state index contributed by atoms with van der Waals surface area (Å²) in [5.74, 6) is -0.532. The van der Waals surface area contributed by atoms with Crippen molar-refractivity contribution in [3.05, 3.63) is 47.0 Å². The molecule has 0 saturated carbocycles. The number of hydrogen-bond acceptors (Lipinski definition) is 3. The highest BCUT2D eigenvalue weighted by Crippen LogP contribution is 2.38. The number of aliphatic hydroxyl groups excluding tert-OH is 1. The number of benzene rings is 1. The topological polar surface area (TPSA) is 69.6 Å². The SMILES string of the molecule is CN1C(=O)CC(C(=O)N[C@@H]2C=C[C@H](CO)C2)C1c1cccc(Cl)c1. The van der Waals surface area contributed by atoms with Gasteiger partial charge in [0.1, 0.15) is 0 Å². The van der Waals surface area contributed by atoms with Crippen LogP contribution in [-0.2, 0) is 9.59 Å². The van der Waals surface area contributed by atoms with Crippen molar-refractivity contribution in [1.82, 2.24) is 10.2 Å². The molecule has 0 radical (unpaired) electrons. The van der Waals surface area contributed by atoms with Crippen LogP contribution in [0.25, 0.3) is 0 Å². The summed E-state index contributed by atoms with van der Waals surface area (Å²) in [7, 11) is 1.72. The van der Waals surface area contributed by atoms with Crippen molar-refractivity contribution in [3.8, 4) is 0 Å². The maximum Gasteiger partial charge on any atom is 0.226 e.